The Morgan fingerprint density at radius 2 is 2.00 bits per heavy atom. The Balaban J connectivity index is 1.58. The lowest BCUT2D eigenvalue weighted by Gasteiger charge is -2.26. The molecular formula is C19H26N4OS. The Labute approximate surface area is 153 Å². The second-order valence-corrected chi connectivity index (χ2v) is 8.80. The third-order valence-corrected chi connectivity index (χ3v) is 6.65. The van der Waals surface area contributed by atoms with Crippen LogP contribution < -0.4 is 10.6 Å². The number of carbonyl (C=O) groups excluding carboxylic acids is 1. The number of imidazole rings is 1. The van der Waals surface area contributed by atoms with Crippen molar-refractivity contribution in [1.82, 2.24) is 20.0 Å². The first kappa shape index (κ1) is 16.9. The van der Waals surface area contributed by atoms with Crippen LogP contribution in [0.25, 0.3) is 5.52 Å². The van der Waals surface area contributed by atoms with Crippen molar-refractivity contribution < 1.29 is 4.79 Å². The molecule has 3 heterocycles. The van der Waals surface area contributed by atoms with Crippen LogP contribution >= 0.6 is 11.8 Å². The highest BCUT2D eigenvalue weighted by molar-refractivity contribution is 7.98. The Morgan fingerprint density at radius 3 is 2.64 bits per heavy atom. The summed E-state index contributed by atoms with van der Waals surface area (Å²) in [6.07, 6.45) is 5.98. The molecule has 2 fully saturated rings. The van der Waals surface area contributed by atoms with Gasteiger partial charge in [-0.2, -0.15) is 0 Å². The highest BCUT2D eigenvalue weighted by atomic mass is 32.2. The summed E-state index contributed by atoms with van der Waals surface area (Å²) in [6.45, 7) is 8.45. The van der Waals surface area contributed by atoms with Crippen molar-refractivity contribution in [2.75, 3.05) is 6.26 Å². The van der Waals surface area contributed by atoms with Gasteiger partial charge in [-0.3, -0.25) is 4.79 Å². The maximum Gasteiger partial charge on any atom is 0.224 e. The summed E-state index contributed by atoms with van der Waals surface area (Å²) in [7, 11) is 0. The highest BCUT2D eigenvalue weighted by Crippen LogP contribution is 2.55. The monoisotopic (exact) mass is 358 g/mol. The van der Waals surface area contributed by atoms with E-state index < -0.39 is 5.54 Å². The topological polar surface area (TPSA) is 58.4 Å². The van der Waals surface area contributed by atoms with Gasteiger partial charge in [-0.25, -0.2) is 4.98 Å². The fourth-order valence-electron chi connectivity index (χ4n) is 4.71. The number of thioether (sulfide) groups is 1. The zero-order chi connectivity index (χ0) is 17.9. The Kier molecular flexibility index (Phi) is 3.88. The van der Waals surface area contributed by atoms with Gasteiger partial charge in [-0.05, 0) is 57.9 Å². The Morgan fingerprint density at radius 1 is 1.32 bits per heavy atom. The first-order chi connectivity index (χ1) is 11.8. The van der Waals surface area contributed by atoms with Gasteiger partial charge in [0.15, 0.2) is 0 Å². The van der Waals surface area contributed by atoms with Crippen molar-refractivity contribution in [3.8, 4) is 0 Å². The predicted molar refractivity (Wildman–Crippen MR) is 101 cm³/mol. The first-order valence-electron chi connectivity index (χ1n) is 8.94. The average molecular weight is 359 g/mol. The molecular weight excluding hydrogens is 332 g/mol. The maximum absolute atomic E-state index is 12.9. The summed E-state index contributed by atoms with van der Waals surface area (Å²) in [6, 6.07) is 4.98. The molecule has 1 aliphatic heterocycles. The predicted octanol–water partition coefficient (Wildman–Crippen LogP) is 2.65. The minimum absolute atomic E-state index is 0.138. The Bertz CT molecular complexity index is 816. The number of piperidine rings is 1. The van der Waals surface area contributed by atoms with Crippen LogP contribution in [-0.4, -0.2) is 33.6 Å². The molecule has 2 aliphatic rings. The van der Waals surface area contributed by atoms with Crippen LogP contribution in [0.5, 0.6) is 0 Å². The second-order valence-electron chi connectivity index (χ2n) is 7.95. The van der Waals surface area contributed by atoms with Gasteiger partial charge >= 0.3 is 0 Å². The van der Waals surface area contributed by atoms with Gasteiger partial charge in [-0.1, -0.05) is 0 Å². The minimum Gasteiger partial charge on any atom is -0.344 e. The molecule has 1 unspecified atom stereocenters. The van der Waals surface area contributed by atoms with E-state index in [0.29, 0.717) is 23.9 Å². The van der Waals surface area contributed by atoms with Crippen LogP contribution in [0.2, 0.25) is 0 Å². The number of hydrogen-bond acceptors (Lipinski definition) is 4. The smallest absolute Gasteiger partial charge is 0.224 e. The van der Waals surface area contributed by atoms with Gasteiger partial charge in [0.1, 0.15) is 5.82 Å². The molecule has 5 nitrogen and oxygen atoms in total. The van der Waals surface area contributed by atoms with Crippen LogP contribution in [0, 0.1) is 17.8 Å². The van der Waals surface area contributed by atoms with Crippen molar-refractivity contribution in [1.29, 1.82) is 0 Å². The SMILES string of the molecule is CSc1cccn2c(C(C)(C)NC(=O)C3[C@@H]4[C@H]3[C@@H](C)N[C@@H]4C)ncc12. The first-order valence-corrected chi connectivity index (χ1v) is 10.2. The number of nitrogens with zero attached hydrogens (tertiary/aromatic N) is 2. The van der Waals surface area contributed by atoms with E-state index in [1.54, 1.807) is 11.8 Å². The van der Waals surface area contributed by atoms with Crippen LogP contribution in [0.1, 0.15) is 33.5 Å². The zero-order valence-electron chi connectivity index (χ0n) is 15.4. The number of fused-ring (bicyclic) bond motifs is 2. The lowest BCUT2D eigenvalue weighted by Crippen LogP contribution is -2.45. The molecule has 2 N–H and O–H groups in total. The number of hydrogen-bond donors (Lipinski definition) is 2. The van der Waals surface area contributed by atoms with Crippen molar-refractivity contribution in [3.05, 3.63) is 30.4 Å². The van der Waals surface area contributed by atoms with E-state index >= 15 is 0 Å². The van der Waals surface area contributed by atoms with Gasteiger partial charge in [0.05, 0.1) is 17.3 Å². The zero-order valence-corrected chi connectivity index (χ0v) is 16.2. The molecule has 1 amide bonds. The number of carbonyl (C=O) groups is 1. The molecule has 2 aromatic rings. The van der Waals surface area contributed by atoms with Crippen LogP contribution in [0.4, 0.5) is 0 Å². The number of pyridine rings is 1. The van der Waals surface area contributed by atoms with E-state index in [-0.39, 0.29) is 11.8 Å². The van der Waals surface area contributed by atoms with Gasteiger partial charge in [0, 0.05) is 29.1 Å². The molecule has 134 valence electrons. The summed E-state index contributed by atoms with van der Waals surface area (Å²) >= 11 is 1.71. The summed E-state index contributed by atoms with van der Waals surface area (Å²) in [5.74, 6) is 2.13. The molecule has 5 atom stereocenters. The number of amides is 1. The lowest BCUT2D eigenvalue weighted by molar-refractivity contribution is -0.125. The molecule has 0 aromatic carbocycles. The fraction of sp³-hybridized carbons (Fsp3) is 0.579. The van der Waals surface area contributed by atoms with Crippen LogP contribution in [-0.2, 0) is 10.3 Å². The highest BCUT2D eigenvalue weighted by Gasteiger charge is 2.63. The van der Waals surface area contributed by atoms with Gasteiger partial charge in [-0.15, -0.1) is 11.8 Å². The third kappa shape index (κ3) is 2.57. The van der Waals surface area contributed by atoms with Crippen molar-refractivity contribution >= 4 is 23.2 Å². The quantitative estimate of drug-likeness (QED) is 0.825. The number of aromatic nitrogens is 2. The minimum atomic E-state index is -0.517. The molecule has 0 bridgehead atoms. The van der Waals surface area contributed by atoms with Gasteiger partial charge in [0.25, 0.3) is 0 Å². The number of rotatable bonds is 4. The average Bonchev–Trinajstić information content (AvgIpc) is 3.05. The molecule has 0 radical (unpaired) electrons. The molecule has 1 aliphatic carbocycles. The Hall–Kier alpha value is -1.53. The molecule has 25 heavy (non-hydrogen) atoms. The maximum atomic E-state index is 12.9. The van der Waals surface area contributed by atoms with Gasteiger partial charge in [0.2, 0.25) is 5.91 Å². The molecule has 2 aromatic heterocycles. The molecule has 6 heteroatoms. The van der Waals surface area contributed by atoms with Gasteiger partial charge < -0.3 is 15.0 Å². The van der Waals surface area contributed by atoms with Crippen molar-refractivity contribution in [2.45, 2.75) is 50.2 Å². The van der Waals surface area contributed by atoms with E-state index in [0.717, 1.165) is 11.3 Å². The van der Waals surface area contributed by atoms with E-state index in [1.165, 1.54) is 4.90 Å². The normalized spacial score (nSPS) is 31.2. The molecule has 0 spiro atoms. The van der Waals surface area contributed by atoms with E-state index in [4.69, 9.17) is 0 Å². The van der Waals surface area contributed by atoms with Crippen molar-refractivity contribution in [2.24, 2.45) is 17.8 Å². The summed E-state index contributed by atoms with van der Waals surface area (Å²) < 4.78 is 2.09. The fourth-order valence-corrected chi connectivity index (χ4v) is 5.29. The molecule has 1 saturated carbocycles. The second kappa shape index (κ2) is 5.74. The van der Waals surface area contributed by atoms with E-state index in [9.17, 15) is 4.79 Å². The summed E-state index contributed by atoms with van der Waals surface area (Å²) in [5.41, 5.74) is 0.569. The third-order valence-electron chi connectivity index (χ3n) is 5.86. The van der Waals surface area contributed by atoms with Crippen LogP contribution in [0.3, 0.4) is 0 Å². The van der Waals surface area contributed by atoms with Crippen LogP contribution in [0.15, 0.2) is 29.4 Å². The lowest BCUT2D eigenvalue weighted by atomic mass is 10.0. The van der Waals surface area contributed by atoms with E-state index in [1.807, 2.05) is 32.3 Å². The standard InChI is InChI=1S/C19H26N4OS/c1-10-14-15(11(2)21-10)16(14)17(24)22-19(3,4)18-20-9-12-13(25-5)7-6-8-23(12)18/h6-11,14-16,21H,1-5H3,(H,22,24)/t10-,11-,14-,15+,16?/m1/s1. The molecule has 1 saturated heterocycles. The summed E-state index contributed by atoms with van der Waals surface area (Å²) in [5, 5.41) is 6.79. The largest absolute Gasteiger partial charge is 0.344 e. The summed E-state index contributed by atoms with van der Waals surface area (Å²) in [4.78, 5) is 18.7. The number of nitrogens with one attached hydrogen (secondary N) is 2. The molecule has 4 rings (SSSR count). The van der Waals surface area contributed by atoms with E-state index in [2.05, 4.69) is 46.2 Å². The van der Waals surface area contributed by atoms with Crippen molar-refractivity contribution in [3.63, 3.8) is 0 Å².